The van der Waals surface area contributed by atoms with Crippen LogP contribution in [-0.4, -0.2) is 60.8 Å². The molecule has 1 aliphatic heterocycles. The summed E-state index contributed by atoms with van der Waals surface area (Å²) >= 11 is 5.97. The zero-order chi connectivity index (χ0) is 25.2. The third-order valence-electron chi connectivity index (χ3n) is 5.47. The fourth-order valence-corrected chi connectivity index (χ4v) is 3.76. The smallest absolute Gasteiger partial charge is 0.412 e. The molecule has 2 fully saturated rings. The number of halogens is 3. The zero-order valence-corrected chi connectivity index (χ0v) is 19.0. The largest absolute Gasteiger partial charge is 0.439 e. The topological polar surface area (TPSA) is 143 Å². The minimum atomic E-state index is -3.09. The maximum atomic E-state index is 13.0. The van der Waals surface area contributed by atoms with E-state index in [1.807, 2.05) is 0 Å². The lowest BCUT2D eigenvalue weighted by molar-refractivity contribution is -0.139. The summed E-state index contributed by atoms with van der Waals surface area (Å²) in [7, 11) is 1.25. The van der Waals surface area contributed by atoms with Crippen LogP contribution < -0.4 is 21.3 Å². The summed E-state index contributed by atoms with van der Waals surface area (Å²) in [5.41, 5.74) is -0.319. The number of anilines is 1. The maximum Gasteiger partial charge on any atom is 0.412 e. The molecule has 1 aromatic rings. The number of carbonyl (C=O) groups is 5. The SMILES string of the molecule is CNC(=O)C(=O)[C@H](C[C@@H]1C[C@@H](C)NC1=O)NC(=O)c1cc(Cl)ccc1NC(=O)OC1CC1(F)F. The number of carbonyl (C=O) groups excluding carboxylic acids is 5. The van der Waals surface area contributed by atoms with E-state index in [9.17, 15) is 32.8 Å². The molecule has 13 heteroatoms. The van der Waals surface area contributed by atoms with Crippen LogP contribution in [0, 0.1) is 5.92 Å². The van der Waals surface area contributed by atoms with Gasteiger partial charge in [0.1, 0.15) is 0 Å². The van der Waals surface area contributed by atoms with Crippen molar-refractivity contribution in [3.05, 3.63) is 28.8 Å². The summed E-state index contributed by atoms with van der Waals surface area (Å²) in [6.07, 6.45) is -3.06. The number of nitrogens with one attached hydrogen (secondary N) is 4. The lowest BCUT2D eigenvalue weighted by atomic mass is 9.93. The number of likely N-dealkylation sites (N-methyl/N-ethyl adjacent to an activating group) is 1. The average Bonchev–Trinajstić information content (AvgIpc) is 3.23. The number of hydrogen-bond donors (Lipinski definition) is 4. The van der Waals surface area contributed by atoms with Gasteiger partial charge in [-0.3, -0.25) is 24.5 Å². The third kappa shape index (κ3) is 5.99. The Morgan fingerprint density at radius 3 is 2.53 bits per heavy atom. The zero-order valence-electron chi connectivity index (χ0n) is 18.2. The van der Waals surface area contributed by atoms with Crippen LogP contribution in [0.1, 0.15) is 36.5 Å². The molecule has 0 bridgehead atoms. The van der Waals surface area contributed by atoms with E-state index in [2.05, 4.69) is 26.0 Å². The Morgan fingerprint density at radius 1 is 1.29 bits per heavy atom. The summed E-state index contributed by atoms with van der Waals surface area (Å²) in [5, 5.41) is 9.63. The molecule has 4 N–H and O–H groups in total. The molecule has 3 rings (SSSR count). The van der Waals surface area contributed by atoms with Crippen LogP contribution in [0.25, 0.3) is 0 Å². The monoisotopic (exact) mass is 500 g/mol. The molecule has 34 heavy (non-hydrogen) atoms. The lowest BCUT2D eigenvalue weighted by Crippen LogP contribution is -2.48. The van der Waals surface area contributed by atoms with Gasteiger partial charge < -0.3 is 20.7 Å². The first kappa shape index (κ1) is 25.3. The van der Waals surface area contributed by atoms with Crippen LogP contribution >= 0.6 is 11.6 Å². The molecule has 1 heterocycles. The van der Waals surface area contributed by atoms with Gasteiger partial charge in [-0.2, -0.15) is 0 Å². The first-order valence-corrected chi connectivity index (χ1v) is 10.8. The Balaban J connectivity index is 1.77. The van der Waals surface area contributed by atoms with E-state index in [-0.39, 0.29) is 34.6 Å². The molecule has 4 atom stereocenters. The second-order valence-corrected chi connectivity index (χ2v) is 8.66. The number of alkyl halides is 2. The van der Waals surface area contributed by atoms with Gasteiger partial charge >= 0.3 is 6.09 Å². The van der Waals surface area contributed by atoms with Crippen molar-refractivity contribution in [1.29, 1.82) is 0 Å². The van der Waals surface area contributed by atoms with Crippen LogP contribution in [0.2, 0.25) is 5.02 Å². The fraction of sp³-hybridized carbons (Fsp3) is 0.476. The maximum absolute atomic E-state index is 13.0. The molecule has 1 saturated carbocycles. The first-order chi connectivity index (χ1) is 15.9. The molecule has 1 saturated heterocycles. The molecular weight excluding hydrogens is 478 g/mol. The molecule has 0 aromatic heterocycles. The molecule has 4 amide bonds. The highest BCUT2D eigenvalue weighted by molar-refractivity contribution is 6.38. The van der Waals surface area contributed by atoms with E-state index in [4.69, 9.17) is 11.6 Å². The van der Waals surface area contributed by atoms with Gasteiger partial charge in [-0.15, -0.1) is 0 Å². The Labute approximate surface area is 198 Å². The number of amides is 4. The predicted molar refractivity (Wildman–Crippen MR) is 116 cm³/mol. The van der Waals surface area contributed by atoms with Gasteiger partial charge in [0, 0.05) is 24.0 Å². The van der Waals surface area contributed by atoms with Crippen molar-refractivity contribution in [2.75, 3.05) is 12.4 Å². The van der Waals surface area contributed by atoms with Crippen LogP contribution in [0.15, 0.2) is 18.2 Å². The molecule has 184 valence electrons. The number of ether oxygens (including phenoxy) is 1. The Hall–Kier alpha value is -3.28. The molecule has 0 radical (unpaired) electrons. The van der Waals surface area contributed by atoms with Gasteiger partial charge in [0.25, 0.3) is 17.7 Å². The molecule has 2 aliphatic rings. The minimum absolute atomic E-state index is 0.107. The van der Waals surface area contributed by atoms with Crippen LogP contribution in [0.5, 0.6) is 0 Å². The summed E-state index contributed by atoms with van der Waals surface area (Å²) in [5.74, 6) is -6.81. The van der Waals surface area contributed by atoms with E-state index in [1.165, 1.54) is 25.2 Å². The van der Waals surface area contributed by atoms with Crippen LogP contribution in [0.4, 0.5) is 19.3 Å². The second kappa shape index (κ2) is 9.92. The molecular formula is C21H23ClF2N4O6. The normalized spacial score (nSPS) is 23.3. The van der Waals surface area contributed by atoms with Gasteiger partial charge in [-0.05, 0) is 38.0 Å². The van der Waals surface area contributed by atoms with Gasteiger partial charge in [0.05, 0.1) is 23.7 Å². The summed E-state index contributed by atoms with van der Waals surface area (Å²) in [4.78, 5) is 61.7. The summed E-state index contributed by atoms with van der Waals surface area (Å²) in [6, 6.07) is 2.31. The van der Waals surface area contributed by atoms with Crippen molar-refractivity contribution in [3.8, 4) is 0 Å². The van der Waals surface area contributed by atoms with E-state index in [0.717, 1.165) is 0 Å². The highest BCUT2D eigenvalue weighted by Gasteiger charge is 2.60. The lowest BCUT2D eigenvalue weighted by Gasteiger charge is -2.20. The van der Waals surface area contributed by atoms with Crippen LogP contribution in [-0.2, 0) is 19.1 Å². The number of benzene rings is 1. The van der Waals surface area contributed by atoms with Crippen molar-refractivity contribution >= 4 is 46.9 Å². The number of Topliss-reactive ketones (excluding diaryl/α,β-unsaturated/α-hetero) is 1. The highest BCUT2D eigenvalue weighted by atomic mass is 35.5. The van der Waals surface area contributed by atoms with E-state index >= 15 is 0 Å². The van der Waals surface area contributed by atoms with Crippen molar-refractivity contribution in [2.45, 2.75) is 50.3 Å². The standard InChI is InChI=1S/C21H23ClF2N4O6/c1-9-5-10(17(30)26-9)6-14(16(29)19(32)25-2)27-18(31)12-7-11(22)3-4-13(12)28-20(33)34-15-8-21(15,23)24/h3-4,7,9-10,14-15H,5-6,8H2,1-2H3,(H,25,32)(H,26,30)(H,27,31)(H,28,33)/t9-,10+,14+,15?/m1/s1. The number of rotatable bonds is 8. The Kier molecular flexibility index (Phi) is 7.39. The predicted octanol–water partition coefficient (Wildman–Crippen LogP) is 1.62. The van der Waals surface area contributed by atoms with Gasteiger partial charge in [0.2, 0.25) is 11.7 Å². The summed E-state index contributed by atoms with van der Waals surface area (Å²) in [6.45, 7) is 1.78. The summed E-state index contributed by atoms with van der Waals surface area (Å²) < 4.78 is 30.6. The Bertz CT molecular complexity index is 1040. The fourth-order valence-electron chi connectivity index (χ4n) is 3.59. The third-order valence-corrected chi connectivity index (χ3v) is 5.71. The second-order valence-electron chi connectivity index (χ2n) is 8.22. The van der Waals surface area contributed by atoms with Crippen molar-refractivity contribution in [2.24, 2.45) is 5.92 Å². The van der Waals surface area contributed by atoms with Gasteiger partial charge in [-0.1, -0.05) is 11.6 Å². The quantitative estimate of drug-likeness (QED) is 0.399. The minimum Gasteiger partial charge on any atom is -0.439 e. The van der Waals surface area contributed by atoms with Crippen molar-refractivity contribution in [1.82, 2.24) is 16.0 Å². The molecule has 1 aliphatic carbocycles. The number of ketones is 1. The van der Waals surface area contributed by atoms with Gasteiger partial charge in [0.15, 0.2) is 6.10 Å². The molecule has 1 aromatic carbocycles. The van der Waals surface area contributed by atoms with Gasteiger partial charge in [-0.25, -0.2) is 13.6 Å². The number of hydrogen-bond acceptors (Lipinski definition) is 6. The first-order valence-electron chi connectivity index (χ1n) is 10.4. The Morgan fingerprint density at radius 2 is 1.97 bits per heavy atom. The van der Waals surface area contributed by atoms with Crippen LogP contribution in [0.3, 0.4) is 0 Å². The van der Waals surface area contributed by atoms with E-state index < -0.39 is 54.1 Å². The molecule has 1 unspecified atom stereocenters. The van der Waals surface area contributed by atoms with Crippen molar-refractivity contribution < 1.29 is 37.5 Å². The van der Waals surface area contributed by atoms with Crippen molar-refractivity contribution in [3.63, 3.8) is 0 Å². The van der Waals surface area contributed by atoms with E-state index in [0.29, 0.717) is 6.42 Å². The average molecular weight is 501 g/mol. The highest BCUT2D eigenvalue weighted by Crippen LogP contribution is 2.44. The molecule has 10 nitrogen and oxygen atoms in total. The van der Waals surface area contributed by atoms with E-state index in [1.54, 1.807) is 6.92 Å². The molecule has 0 spiro atoms.